The first-order valence-electron chi connectivity index (χ1n) is 4.26. The molecule has 1 aromatic rings. The van der Waals surface area contributed by atoms with E-state index in [9.17, 15) is 9.59 Å². The molecule has 5 nitrogen and oxygen atoms in total. The number of nitrogens with one attached hydrogen (secondary N) is 1. The Morgan fingerprint density at radius 3 is 2.80 bits per heavy atom. The molecule has 1 unspecified atom stereocenters. The van der Waals surface area contributed by atoms with Gasteiger partial charge in [-0.15, -0.1) is 0 Å². The SMILES string of the molecule is CC(CNC(=O)c1occc1Cl)C(=O)O. The summed E-state index contributed by atoms with van der Waals surface area (Å²) in [5.41, 5.74) is 0. The summed E-state index contributed by atoms with van der Waals surface area (Å²) >= 11 is 5.64. The van der Waals surface area contributed by atoms with E-state index in [2.05, 4.69) is 5.32 Å². The lowest BCUT2D eigenvalue weighted by molar-refractivity contribution is -0.140. The average Bonchev–Trinajstić information content (AvgIpc) is 2.60. The van der Waals surface area contributed by atoms with Gasteiger partial charge in [0.2, 0.25) is 5.76 Å². The number of halogens is 1. The Morgan fingerprint density at radius 2 is 2.33 bits per heavy atom. The number of rotatable bonds is 4. The van der Waals surface area contributed by atoms with Crippen molar-refractivity contribution >= 4 is 23.5 Å². The molecule has 0 aliphatic rings. The van der Waals surface area contributed by atoms with Crippen LogP contribution < -0.4 is 5.32 Å². The highest BCUT2D eigenvalue weighted by molar-refractivity contribution is 6.33. The normalized spacial score (nSPS) is 12.1. The summed E-state index contributed by atoms with van der Waals surface area (Å²) in [6.45, 7) is 1.53. The van der Waals surface area contributed by atoms with Crippen molar-refractivity contribution in [1.29, 1.82) is 0 Å². The molecule has 1 atom stereocenters. The molecule has 0 aliphatic carbocycles. The van der Waals surface area contributed by atoms with Gasteiger partial charge in [0.15, 0.2) is 0 Å². The quantitative estimate of drug-likeness (QED) is 0.821. The van der Waals surface area contributed by atoms with Crippen LogP contribution in [0.15, 0.2) is 16.7 Å². The van der Waals surface area contributed by atoms with Gasteiger partial charge in [-0.05, 0) is 6.07 Å². The molecule has 0 bridgehead atoms. The summed E-state index contributed by atoms with van der Waals surface area (Å²) in [5.74, 6) is -2.14. The number of carboxylic acid groups (broad SMARTS) is 1. The second kappa shape index (κ2) is 4.84. The number of carbonyl (C=O) groups is 2. The van der Waals surface area contributed by atoms with Crippen LogP contribution >= 0.6 is 11.6 Å². The van der Waals surface area contributed by atoms with Gasteiger partial charge in [-0.3, -0.25) is 9.59 Å². The summed E-state index contributed by atoms with van der Waals surface area (Å²) in [6, 6.07) is 1.44. The fourth-order valence-electron chi connectivity index (χ4n) is 0.869. The van der Waals surface area contributed by atoms with Crippen LogP contribution in [0.4, 0.5) is 0 Å². The molecule has 2 N–H and O–H groups in total. The lowest BCUT2D eigenvalue weighted by atomic mass is 10.2. The highest BCUT2D eigenvalue weighted by Gasteiger charge is 2.16. The van der Waals surface area contributed by atoms with E-state index < -0.39 is 17.8 Å². The van der Waals surface area contributed by atoms with Crippen molar-refractivity contribution in [1.82, 2.24) is 5.32 Å². The van der Waals surface area contributed by atoms with Crippen molar-refractivity contribution in [2.75, 3.05) is 6.54 Å². The summed E-state index contributed by atoms with van der Waals surface area (Å²) in [4.78, 5) is 21.8. The Balaban J connectivity index is 2.51. The molecule has 1 aromatic heterocycles. The highest BCUT2D eigenvalue weighted by Crippen LogP contribution is 2.16. The molecule has 0 saturated heterocycles. The molecular weight excluding hydrogens is 222 g/mol. The van der Waals surface area contributed by atoms with Crippen molar-refractivity contribution in [2.45, 2.75) is 6.92 Å². The third-order valence-corrected chi connectivity index (χ3v) is 2.11. The maximum Gasteiger partial charge on any atom is 0.308 e. The first-order valence-corrected chi connectivity index (χ1v) is 4.64. The van der Waals surface area contributed by atoms with Crippen molar-refractivity contribution in [3.05, 3.63) is 23.1 Å². The second-order valence-electron chi connectivity index (χ2n) is 3.05. The zero-order valence-electron chi connectivity index (χ0n) is 7.99. The van der Waals surface area contributed by atoms with Gasteiger partial charge in [0, 0.05) is 6.54 Å². The molecule has 15 heavy (non-hydrogen) atoms. The lowest BCUT2D eigenvalue weighted by Gasteiger charge is -2.06. The zero-order valence-corrected chi connectivity index (χ0v) is 8.75. The fraction of sp³-hybridized carbons (Fsp3) is 0.333. The van der Waals surface area contributed by atoms with E-state index in [1.54, 1.807) is 0 Å². The van der Waals surface area contributed by atoms with Gasteiger partial charge in [0.1, 0.15) is 0 Å². The van der Waals surface area contributed by atoms with Crippen molar-refractivity contribution in [3.63, 3.8) is 0 Å². The second-order valence-corrected chi connectivity index (χ2v) is 3.45. The van der Waals surface area contributed by atoms with Gasteiger partial charge in [-0.2, -0.15) is 0 Å². The third kappa shape index (κ3) is 2.99. The average molecular weight is 232 g/mol. The van der Waals surface area contributed by atoms with Crippen LogP contribution in [0.5, 0.6) is 0 Å². The molecule has 0 fully saturated rings. The van der Waals surface area contributed by atoms with Crippen LogP contribution in [-0.2, 0) is 4.79 Å². The molecule has 0 aromatic carbocycles. The van der Waals surface area contributed by atoms with Crippen LogP contribution in [0.2, 0.25) is 5.02 Å². The van der Waals surface area contributed by atoms with Crippen LogP contribution in [0.3, 0.4) is 0 Å². The number of carboxylic acids is 1. The third-order valence-electron chi connectivity index (χ3n) is 1.81. The lowest BCUT2D eigenvalue weighted by Crippen LogP contribution is -2.31. The molecule has 0 saturated carbocycles. The van der Waals surface area contributed by atoms with Crippen LogP contribution in [0.1, 0.15) is 17.5 Å². The van der Waals surface area contributed by atoms with Crippen LogP contribution in [0, 0.1) is 5.92 Å². The molecular formula is C9H10ClNO4. The van der Waals surface area contributed by atoms with Gasteiger partial charge in [0.25, 0.3) is 5.91 Å². The van der Waals surface area contributed by atoms with Crippen LogP contribution in [0.25, 0.3) is 0 Å². The Labute approximate surface area is 91.0 Å². The predicted octanol–water partition coefficient (Wildman–Crippen LogP) is 1.38. The summed E-state index contributed by atoms with van der Waals surface area (Å²) in [6.07, 6.45) is 1.29. The molecule has 0 aliphatic heterocycles. The number of carbonyl (C=O) groups excluding carboxylic acids is 1. The van der Waals surface area contributed by atoms with Gasteiger partial charge in [0.05, 0.1) is 17.2 Å². The number of amides is 1. The molecule has 1 amide bonds. The smallest absolute Gasteiger partial charge is 0.308 e. The first-order chi connectivity index (χ1) is 7.02. The maximum absolute atomic E-state index is 11.4. The van der Waals surface area contributed by atoms with Gasteiger partial charge < -0.3 is 14.8 Å². The van der Waals surface area contributed by atoms with E-state index in [1.807, 2.05) is 0 Å². The topological polar surface area (TPSA) is 79.5 Å². The van der Waals surface area contributed by atoms with E-state index in [0.717, 1.165) is 0 Å². The number of aliphatic carboxylic acids is 1. The van der Waals surface area contributed by atoms with Gasteiger partial charge >= 0.3 is 5.97 Å². The number of hydrogen-bond acceptors (Lipinski definition) is 3. The van der Waals surface area contributed by atoms with E-state index in [1.165, 1.54) is 19.3 Å². The highest BCUT2D eigenvalue weighted by atomic mass is 35.5. The molecule has 1 heterocycles. The fourth-order valence-corrected chi connectivity index (χ4v) is 1.05. The summed E-state index contributed by atoms with van der Waals surface area (Å²) in [7, 11) is 0. The number of hydrogen-bond donors (Lipinski definition) is 2. The summed E-state index contributed by atoms with van der Waals surface area (Å²) < 4.78 is 4.83. The van der Waals surface area contributed by atoms with E-state index in [-0.39, 0.29) is 17.3 Å². The van der Waals surface area contributed by atoms with E-state index in [4.69, 9.17) is 21.1 Å². The van der Waals surface area contributed by atoms with Crippen molar-refractivity contribution in [3.8, 4) is 0 Å². The van der Waals surface area contributed by atoms with Crippen molar-refractivity contribution < 1.29 is 19.1 Å². The molecule has 1 rings (SSSR count). The molecule has 0 spiro atoms. The van der Waals surface area contributed by atoms with Gasteiger partial charge in [-0.1, -0.05) is 18.5 Å². The van der Waals surface area contributed by atoms with E-state index >= 15 is 0 Å². The Kier molecular flexibility index (Phi) is 3.74. The maximum atomic E-state index is 11.4. The van der Waals surface area contributed by atoms with Gasteiger partial charge in [-0.25, -0.2) is 0 Å². The summed E-state index contributed by atoms with van der Waals surface area (Å²) in [5, 5.41) is 11.2. The monoisotopic (exact) mass is 231 g/mol. The van der Waals surface area contributed by atoms with E-state index in [0.29, 0.717) is 0 Å². The zero-order chi connectivity index (χ0) is 11.4. The molecule has 82 valence electrons. The minimum atomic E-state index is -0.971. The Bertz CT molecular complexity index is 374. The standard InChI is InChI=1S/C9H10ClNO4/c1-5(9(13)14)4-11-8(12)7-6(10)2-3-15-7/h2-3,5H,4H2,1H3,(H,11,12)(H,13,14). The number of furan rings is 1. The minimum Gasteiger partial charge on any atom is -0.481 e. The Morgan fingerprint density at radius 1 is 1.67 bits per heavy atom. The Hall–Kier alpha value is -1.49. The van der Waals surface area contributed by atoms with Crippen molar-refractivity contribution in [2.24, 2.45) is 5.92 Å². The first kappa shape index (κ1) is 11.6. The minimum absolute atomic E-state index is 0.00532. The largest absolute Gasteiger partial charge is 0.481 e. The molecule has 6 heteroatoms. The van der Waals surface area contributed by atoms with Crippen LogP contribution in [-0.4, -0.2) is 23.5 Å². The molecule has 0 radical (unpaired) electrons. The predicted molar refractivity (Wildman–Crippen MR) is 52.9 cm³/mol.